The molecule has 2 aromatic rings. The Morgan fingerprint density at radius 3 is 0.879 bits per heavy atom. The van der Waals surface area contributed by atoms with Gasteiger partial charge in [0, 0.05) is 0 Å². The van der Waals surface area contributed by atoms with Gasteiger partial charge >= 0.3 is 42.8 Å². The first-order valence-electron chi connectivity index (χ1n) is 10.5. The zero-order valence-electron chi connectivity index (χ0n) is 20.8. The first kappa shape index (κ1) is 32.2. The Morgan fingerprint density at radius 2 is 0.697 bits per heavy atom. The molecule has 8 nitrogen and oxygen atoms in total. The lowest BCUT2D eigenvalue weighted by Crippen LogP contribution is -2.61. The molecule has 2 unspecified atom stereocenters. The fraction of sp³-hybridized carbons (Fsp3) is 0.400. The van der Waals surface area contributed by atoms with Crippen LogP contribution in [0.1, 0.15) is 0 Å². The van der Waals surface area contributed by atoms with E-state index in [-0.39, 0.29) is 0 Å². The molecule has 33 heavy (non-hydrogen) atoms. The molecule has 2 atom stereocenters. The molecule has 6 N–H and O–H groups in total. The summed E-state index contributed by atoms with van der Waals surface area (Å²) in [5.41, 5.74) is 0. The largest absolute Gasteiger partial charge is 0.415 e. The van der Waals surface area contributed by atoms with E-state index in [4.69, 9.17) is 27.4 Å². The summed E-state index contributed by atoms with van der Waals surface area (Å²) in [4.78, 5) is 55.9. The van der Waals surface area contributed by atoms with Crippen LogP contribution in [0.2, 0.25) is 52.4 Å². The van der Waals surface area contributed by atoms with Gasteiger partial charge < -0.3 is 37.0 Å². The highest BCUT2D eigenvalue weighted by Gasteiger charge is 2.41. The number of benzene rings is 2. The third kappa shape index (κ3) is 17.3. The van der Waals surface area contributed by atoms with Crippen LogP contribution in [0, 0.1) is 0 Å². The molecule has 2 rings (SSSR count). The van der Waals surface area contributed by atoms with E-state index in [1.165, 1.54) is 13.1 Å². The third-order valence-electron chi connectivity index (χ3n) is 3.52. The number of hydrogen-bond acceptors (Lipinski definition) is 8. The van der Waals surface area contributed by atoms with Crippen LogP contribution in [0.3, 0.4) is 0 Å². The van der Waals surface area contributed by atoms with Crippen LogP contribution >= 0.6 is 0 Å². The molecule has 0 aliphatic heterocycles. The van der Waals surface area contributed by atoms with E-state index in [0.29, 0.717) is 0 Å². The maximum absolute atomic E-state index is 10.6. The SMILES string of the molecule is C[Si](C)(O)O.C[Si](C)(O)O[Si](C)(C)O.C[Si](O)(O[Si](C)(O)c1ccccc1)c1ccccc1. The molecule has 0 heterocycles. The Bertz CT molecular complexity index is 734. The fourth-order valence-corrected chi connectivity index (χ4v) is 13.2. The molecule has 0 radical (unpaired) electrons. The molecular weight excluding hydrogens is 509 g/mol. The van der Waals surface area contributed by atoms with E-state index in [1.54, 1.807) is 39.3 Å². The number of rotatable bonds is 6. The van der Waals surface area contributed by atoms with Gasteiger partial charge in [-0.25, -0.2) is 0 Å². The summed E-state index contributed by atoms with van der Waals surface area (Å²) < 4.78 is 10.8. The van der Waals surface area contributed by atoms with Crippen molar-refractivity contribution in [1.82, 2.24) is 0 Å². The van der Waals surface area contributed by atoms with Crippen LogP contribution in [-0.2, 0) is 8.23 Å². The number of hydrogen-bond donors (Lipinski definition) is 6. The Kier molecular flexibility index (Phi) is 12.5. The quantitative estimate of drug-likeness (QED) is 0.294. The molecule has 0 spiro atoms. The predicted octanol–water partition coefficient (Wildman–Crippen LogP) is 1.01. The van der Waals surface area contributed by atoms with Gasteiger partial charge in [-0.2, -0.15) is 0 Å². The Morgan fingerprint density at radius 1 is 0.455 bits per heavy atom. The average Bonchev–Trinajstić information content (AvgIpc) is 2.58. The third-order valence-corrected chi connectivity index (χ3v) is 13.5. The second kappa shape index (κ2) is 12.8. The van der Waals surface area contributed by atoms with Gasteiger partial charge in [0.05, 0.1) is 0 Å². The molecule has 13 heteroatoms. The Balaban J connectivity index is 0.000000610. The summed E-state index contributed by atoms with van der Waals surface area (Å²) in [6.45, 7) is 12.8. The van der Waals surface area contributed by atoms with Gasteiger partial charge in [0.1, 0.15) is 0 Å². The van der Waals surface area contributed by atoms with Crippen molar-refractivity contribution in [1.29, 1.82) is 0 Å². The van der Waals surface area contributed by atoms with Crippen LogP contribution in [-0.4, -0.2) is 71.6 Å². The smallest absolute Gasteiger partial charge is 0.358 e. The van der Waals surface area contributed by atoms with Gasteiger partial charge in [-0.1, -0.05) is 60.7 Å². The van der Waals surface area contributed by atoms with Crippen LogP contribution in [0.25, 0.3) is 0 Å². The zero-order valence-corrected chi connectivity index (χ0v) is 25.8. The summed E-state index contributed by atoms with van der Waals surface area (Å²) in [6.07, 6.45) is 0. The van der Waals surface area contributed by atoms with Crippen molar-refractivity contribution in [2.45, 2.75) is 52.4 Å². The molecular formula is C20H40O8Si5. The second-order valence-corrected chi connectivity index (χ2v) is 24.8. The highest BCUT2D eigenvalue weighted by Crippen LogP contribution is 2.11. The lowest BCUT2D eigenvalue weighted by molar-refractivity contribution is 0.321. The van der Waals surface area contributed by atoms with Crippen molar-refractivity contribution < 1.29 is 37.0 Å². The topological polar surface area (TPSA) is 140 Å². The normalized spacial score (nSPS) is 15.7. The van der Waals surface area contributed by atoms with Gasteiger partial charge in [0.2, 0.25) is 0 Å². The van der Waals surface area contributed by atoms with E-state index in [0.717, 1.165) is 10.4 Å². The molecule has 2 aromatic carbocycles. The van der Waals surface area contributed by atoms with E-state index in [1.807, 2.05) is 60.7 Å². The van der Waals surface area contributed by atoms with Crippen molar-refractivity contribution in [2.24, 2.45) is 0 Å². The molecule has 0 bridgehead atoms. The molecule has 0 saturated carbocycles. The molecule has 0 aliphatic carbocycles. The minimum Gasteiger partial charge on any atom is -0.415 e. The zero-order chi connectivity index (χ0) is 26.1. The summed E-state index contributed by atoms with van der Waals surface area (Å²) in [7, 11) is -13.7. The minimum absolute atomic E-state index is 0.763. The van der Waals surface area contributed by atoms with Crippen molar-refractivity contribution >= 4 is 53.2 Å². The lowest BCUT2D eigenvalue weighted by atomic mass is 10.4. The molecule has 0 amide bonds. The summed E-state index contributed by atoms with van der Waals surface area (Å²) >= 11 is 0. The lowest BCUT2D eigenvalue weighted by Gasteiger charge is -2.30. The van der Waals surface area contributed by atoms with Crippen molar-refractivity contribution in [3.63, 3.8) is 0 Å². The highest BCUT2D eigenvalue weighted by molar-refractivity contribution is 6.91. The van der Waals surface area contributed by atoms with Crippen LogP contribution in [0.5, 0.6) is 0 Å². The van der Waals surface area contributed by atoms with E-state index < -0.39 is 42.8 Å². The standard InChI is InChI=1S/C14H18O3Si2.C4H14O3Si2.C2H8O2Si/c1-18(15,13-9-5-3-6-10-13)17-19(2,16)14-11-7-4-8-12-14;1-8(2,5)7-9(3,4)6;1-5(2,3)4/h3-12,15-16H,1-2H3;5-6H,1-4H3;3-4H,1-2H3. The monoisotopic (exact) mass is 548 g/mol. The van der Waals surface area contributed by atoms with Gasteiger partial charge in [-0.15, -0.1) is 0 Å². The predicted molar refractivity (Wildman–Crippen MR) is 143 cm³/mol. The van der Waals surface area contributed by atoms with Crippen molar-refractivity contribution in [3.8, 4) is 0 Å². The van der Waals surface area contributed by atoms with Gasteiger partial charge in [-0.3, -0.25) is 0 Å². The van der Waals surface area contributed by atoms with E-state index >= 15 is 0 Å². The van der Waals surface area contributed by atoms with Gasteiger partial charge in [0.15, 0.2) is 0 Å². The highest BCUT2D eigenvalue weighted by atomic mass is 28.5. The molecule has 0 fully saturated rings. The van der Waals surface area contributed by atoms with Crippen molar-refractivity contribution in [2.75, 3.05) is 0 Å². The average molecular weight is 549 g/mol. The molecule has 0 aliphatic rings. The van der Waals surface area contributed by atoms with E-state index in [2.05, 4.69) is 0 Å². The Hall–Kier alpha value is -0.796. The summed E-state index contributed by atoms with van der Waals surface area (Å²) in [6, 6.07) is 18.6. The van der Waals surface area contributed by atoms with Crippen LogP contribution in [0.15, 0.2) is 60.7 Å². The molecule has 188 valence electrons. The van der Waals surface area contributed by atoms with Gasteiger partial charge in [-0.05, 0) is 62.7 Å². The maximum atomic E-state index is 10.6. The Labute approximate surface area is 203 Å². The van der Waals surface area contributed by atoms with Crippen molar-refractivity contribution in [3.05, 3.63) is 60.7 Å². The summed E-state index contributed by atoms with van der Waals surface area (Å²) in [5, 5.41) is 1.53. The summed E-state index contributed by atoms with van der Waals surface area (Å²) in [5.74, 6) is 0. The maximum Gasteiger partial charge on any atom is 0.358 e. The minimum atomic E-state index is -3.09. The van der Waals surface area contributed by atoms with Crippen LogP contribution < -0.4 is 10.4 Å². The van der Waals surface area contributed by atoms with Crippen LogP contribution in [0.4, 0.5) is 0 Å². The van der Waals surface area contributed by atoms with Gasteiger partial charge in [0.25, 0.3) is 0 Å². The molecule has 0 saturated heterocycles. The molecule has 0 aromatic heterocycles. The van der Waals surface area contributed by atoms with E-state index in [9.17, 15) is 9.59 Å². The fourth-order valence-electron chi connectivity index (χ4n) is 2.61. The first-order valence-corrected chi connectivity index (χ1v) is 23.8. The first-order chi connectivity index (χ1) is 14.6. The second-order valence-electron chi connectivity index (χ2n) is 9.29.